The van der Waals surface area contributed by atoms with E-state index >= 15 is 0 Å². The first kappa shape index (κ1) is 15.0. The van der Waals surface area contributed by atoms with Gasteiger partial charge in [0, 0.05) is 10.9 Å². The normalized spacial score (nSPS) is 11.9. The van der Waals surface area contributed by atoms with Crippen LogP contribution in [-0.4, -0.2) is 15.9 Å². The number of amides is 1. The van der Waals surface area contributed by atoms with Crippen molar-refractivity contribution in [1.82, 2.24) is 5.32 Å². The number of phenolic OH excluding ortho intramolecular Hbond substituents is 1. The van der Waals surface area contributed by atoms with Gasteiger partial charge >= 0.3 is 0 Å². The molecule has 1 aromatic carbocycles. The first-order valence-electron chi connectivity index (χ1n) is 6.34. The second-order valence-corrected chi connectivity index (χ2v) is 5.39. The summed E-state index contributed by atoms with van der Waals surface area (Å²) >= 11 is 1.51. The monoisotopic (exact) mass is 306 g/mol. The smallest absolute Gasteiger partial charge is 0.282 e. The topological polar surface area (TPSA) is 92.5 Å². The molecule has 2 aromatic rings. The van der Waals surface area contributed by atoms with Crippen LogP contribution in [0.25, 0.3) is 0 Å². The minimum absolute atomic E-state index is 0.144. The highest BCUT2D eigenvalue weighted by molar-refractivity contribution is 7.10. The number of nitrogens with zero attached hydrogens (tertiary/aromatic N) is 1. The maximum absolute atomic E-state index is 12.3. The number of phenols is 1. The van der Waals surface area contributed by atoms with E-state index in [2.05, 4.69) is 5.32 Å². The molecule has 0 aliphatic rings. The molecule has 0 fully saturated rings. The van der Waals surface area contributed by atoms with Crippen LogP contribution in [-0.2, 0) is 0 Å². The average Bonchev–Trinajstić information content (AvgIpc) is 2.98. The van der Waals surface area contributed by atoms with Crippen LogP contribution in [0.5, 0.6) is 5.75 Å². The summed E-state index contributed by atoms with van der Waals surface area (Å²) in [5, 5.41) is 25.1. The predicted molar refractivity (Wildman–Crippen MR) is 79.6 cm³/mol. The van der Waals surface area contributed by atoms with Crippen LogP contribution in [0, 0.1) is 10.1 Å². The first-order chi connectivity index (χ1) is 10.0. The Hall–Kier alpha value is -2.41. The van der Waals surface area contributed by atoms with Crippen molar-refractivity contribution in [2.24, 2.45) is 0 Å². The van der Waals surface area contributed by atoms with Gasteiger partial charge in [-0.05, 0) is 30.0 Å². The van der Waals surface area contributed by atoms with E-state index < -0.39 is 10.8 Å². The lowest BCUT2D eigenvalue weighted by Crippen LogP contribution is -2.28. The predicted octanol–water partition coefficient (Wildman–Crippen LogP) is 3.24. The lowest BCUT2D eigenvalue weighted by molar-refractivity contribution is -0.385. The number of carbonyl (C=O) groups is 1. The molecule has 1 unspecified atom stereocenters. The molecular formula is C14H14N2O4S. The summed E-state index contributed by atoms with van der Waals surface area (Å²) in [6.07, 6.45) is 0.666. The zero-order valence-corrected chi connectivity index (χ0v) is 12.1. The first-order valence-corrected chi connectivity index (χ1v) is 7.22. The maximum atomic E-state index is 12.3. The van der Waals surface area contributed by atoms with Gasteiger partial charge < -0.3 is 10.4 Å². The van der Waals surface area contributed by atoms with Crippen molar-refractivity contribution in [2.75, 3.05) is 0 Å². The zero-order valence-electron chi connectivity index (χ0n) is 11.3. The van der Waals surface area contributed by atoms with Gasteiger partial charge in [-0.1, -0.05) is 13.0 Å². The van der Waals surface area contributed by atoms with Crippen molar-refractivity contribution < 1.29 is 14.8 Å². The fraction of sp³-hybridized carbons (Fsp3) is 0.214. The molecule has 21 heavy (non-hydrogen) atoms. The largest absolute Gasteiger partial charge is 0.508 e. The number of nitro groups is 1. The second kappa shape index (κ2) is 6.36. The third-order valence-electron chi connectivity index (χ3n) is 3.02. The van der Waals surface area contributed by atoms with Gasteiger partial charge in [-0.3, -0.25) is 14.9 Å². The van der Waals surface area contributed by atoms with Gasteiger partial charge in [0.2, 0.25) is 0 Å². The minimum atomic E-state index is -0.638. The molecular weight excluding hydrogens is 292 g/mol. The second-order valence-electron chi connectivity index (χ2n) is 4.41. The molecule has 110 valence electrons. The molecule has 2 N–H and O–H groups in total. The molecule has 0 aliphatic heterocycles. The Balaban J connectivity index is 2.27. The van der Waals surface area contributed by atoms with Crippen molar-refractivity contribution in [3.63, 3.8) is 0 Å². The van der Waals surface area contributed by atoms with E-state index in [4.69, 9.17) is 0 Å². The molecule has 0 spiro atoms. The van der Waals surface area contributed by atoms with Crippen LogP contribution in [0.3, 0.4) is 0 Å². The SMILES string of the molecule is CCC(NC(=O)c1cc(O)ccc1[N+](=O)[O-])c1cccs1. The summed E-state index contributed by atoms with van der Waals surface area (Å²) in [6, 6.07) is 6.98. The Morgan fingerprint density at radius 3 is 2.81 bits per heavy atom. The van der Waals surface area contributed by atoms with Gasteiger partial charge in [-0.2, -0.15) is 0 Å². The fourth-order valence-corrected chi connectivity index (χ4v) is 2.83. The fourth-order valence-electron chi connectivity index (χ4n) is 1.97. The van der Waals surface area contributed by atoms with Gasteiger partial charge in [0.1, 0.15) is 11.3 Å². The van der Waals surface area contributed by atoms with Crippen molar-refractivity contribution in [1.29, 1.82) is 0 Å². The molecule has 0 aliphatic carbocycles. The number of nitrogens with one attached hydrogen (secondary N) is 1. The summed E-state index contributed by atoms with van der Waals surface area (Å²) < 4.78 is 0. The van der Waals surface area contributed by atoms with E-state index in [1.54, 1.807) is 0 Å². The number of hydrogen-bond donors (Lipinski definition) is 2. The molecule has 1 amide bonds. The van der Waals surface area contributed by atoms with Crippen LogP contribution >= 0.6 is 11.3 Å². The number of benzene rings is 1. The molecule has 0 radical (unpaired) electrons. The van der Waals surface area contributed by atoms with Crippen molar-refractivity contribution >= 4 is 22.9 Å². The third kappa shape index (κ3) is 3.38. The third-order valence-corrected chi connectivity index (χ3v) is 4.01. The van der Waals surface area contributed by atoms with E-state index in [0.717, 1.165) is 17.0 Å². The van der Waals surface area contributed by atoms with Crippen molar-refractivity contribution in [2.45, 2.75) is 19.4 Å². The van der Waals surface area contributed by atoms with Crippen LogP contribution in [0.1, 0.15) is 34.6 Å². The quantitative estimate of drug-likeness (QED) is 0.655. The van der Waals surface area contributed by atoms with Crippen molar-refractivity contribution in [3.8, 4) is 5.75 Å². The molecule has 1 heterocycles. The van der Waals surface area contributed by atoms with Gasteiger partial charge in [0.05, 0.1) is 11.0 Å². The molecule has 2 rings (SSSR count). The highest BCUT2D eigenvalue weighted by atomic mass is 32.1. The number of carbonyl (C=O) groups excluding carboxylic acids is 1. The maximum Gasteiger partial charge on any atom is 0.282 e. The van der Waals surface area contributed by atoms with E-state index in [9.17, 15) is 20.0 Å². The van der Waals surface area contributed by atoms with Crippen LogP contribution in [0.4, 0.5) is 5.69 Å². The molecule has 1 atom stereocenters. The summed E-state index contributed by atoms with van der Waals surface area (Å²) in [7, 11) is 0. The van der Waals surface area contributed by atoms with E-state index in [-0.39, 0.29) is 23.0 Å². The van der Waals surface area contributed by atoms with Gasteiger partial charge in [-0.25, -0.2) is 0 Å². The molecule has 7 heteroatoms. The minimum Gasteiger partial charge on any atom is -0.508 e. The molecule has 0 saturated carbocycles. The van der Waals surface area contributed by atoms with E-state index in [0.29, 0.717) is 6.42 Å². The van der Waals surface area contributed by atoms with Crippen LogP contribution in [0.15, 0.2) is 35.7 Å². The van der Waals surface area contributed by atoms with Gasteiger partial charge in [0.15, 0.2) is 0 Å². The summed E-state index contributed by atoms with van der Waals surface area (Å²) in [6.45, 7) is 1.92. The van der Waals surface area contributed by atoms with Crippen molar-refractivity contribution in [3.05, 3.63) is 56.3 Å². The number of rotatable bonds is 5. The lowest BCUT2D eigenvalue weighted by atomic mass is 10.1. The Morgan fingerprint density at radius 1 is 1.48 bits per heavy atom. The zero-order chi connectivity index (χ0) is 15.4. The molecule has 1 aromatic heterocycles. The van der Waals surface area contributed by atoms with Crippen LogP contribution < -0.4 is 5.32 Å². The molecule has 0 saturated heterocycles. The number of aromatic hydroxyl groups is 1. The molecule has 6 nitrogen and oxygen atoms in total. The highest BCUT2D eigenvalue weighted by Gasteiger charge is 2.23. The van der Waals surface area contributed by atoms with Gasteiger partial charge in [0.25, 0.3) is 11.6 Å². The number of nitro benzene ring substituents is 1. The summed E-state index contributed by atoms with van der Waals surface area (Å²) in [5.41, 5.74) is -0.471. The highest BCUT2D eigenvalue weighted by Crippen LogP contribution is 2.26. The number of hydrogen-bond acceptors (Lipinski definition) is 5. The average molecular weight is 306 g/mol. The summed E-state index contributed by atoms with van der Waals surface area (Å²) in [5.74, 6) is -0.757. The Labute approximate surface area is 125 Å². The Kier molecular flexibility index (Phi) is 4.54. The number of thiophene rings is 1. The summed E-state index contributed by atoms with van der Waals surface area (Å²) in [4.78, 5) is 23.6. The van der Waals surface area contributed by atoms with E-state index in [1.165, 1.54) is 17.4 Å². The van der Waals surface area contributed by atoms with E-state index in [1.807, 2.05) is 24.4 Å². The standard InChI is InChI=1S/C14H14N2O4S/c1-2-11(13-4-3-7-21-13)15-14(18)10-8-9(17)5-6-12(10)16(19)20/h3-8,11,17H,2H2,1H3,(H,15,18). The lowest BCUT2D eigenvalue weighted by Gasteiger charge is -2.15. The van der Waals surface area contributed by atoms with Crippen LogP contribution in [0.2, 0.25) is 0 Å². The Morgan fingerprint density at radius 2 is 2.24 bits per heavy atom. The Bertz CT molecular complexity index is 655. The molecule has 0 bridgehead atoms. The van der Waals surface area contributed by atoms with Gasteiger partial charge in [-0.15, -0.1) is 11.3 Å².